The zero-order chi connectivity index (χ0) is 15.2. The molecule has 20 heavy (non-hydrogen) atoms. The normalized spacial score (nSPS) is 12.6. The van der Waals surface area contributed by atoms with Crippen LogP contribution in [-0.4, -0.2) is 28.5 Å². The second-order valence-electron chi connectivity index (χ2n) is 5.70. The maximum atomic E-state index is 11.9. The van der Waals surface area contributed by atoms with E-state index in [4.69, 9.17) is 4.74 Å². The summed E-state index contributed by atoms with van der Waals surface area (Å²) < 4.78 is 5.11. The van der Waals surface area contributed by atoms with E-state index in [-0.39, 0.29) is 5.78 Å². The van der Waals surface area contributed by atoms with Gasteiger partial charge in [0.1, 0.15) is 5.60 Å². The third-order valence-electron chi connectivity index (χ3n) is 2.60. The van der Waals surface area contributed by atoms with Crippen LogP contribution >= 0.6 is 0 Å². The van der Waals surface area contributed by atoms with Crippen molar-refractivity contribution < 1.29 is 14.3 Å². The van der Waals surface area contributed by atoms with Crippen molar-refractivity contribution >= 4 is 11.9 Å². The molecule has 1 amide bonds. The zero-order valence-corrected chi connectivity index (χ0v) is 12.5. The molecular weight excluding hydrogens is 256 g/mol. The monoisotopic (exact) mass is 278 g/mol. The fourth-order valence-corrected chi connectivity index (χ4v) is 1.59. The fourth-order valence-electron chi connectivity index (χ4n) is 1.59. The summed E-state index contributed by atoms with van der Waals surface area (Å²) in [5, 5.41) is 2.55. The Hall–Kier alpha value is -1.91. The van der Waals surface area contributed by atoms with Gasteiger partial charge in [-0.15, -0.1) is 0 Å². The van der Waals surface area contributed by atoms with Gasteiger partial charge in [-0.05, 0) is 45.7 Å². The van der Waals surface area contributed by atoms with E-state index in [1.54, 1.807) is 40.1 Å². The van der Waals surface area contributed by atoms with E-state index in [0.717, 1.165) is 5.56 Å². The summed E-state index contributed by atoms with van der Waals surface area (Å²) in [6.45, 7) is 7.00. The van der Waals surface area contributed by atoms with Gasteiger partial charge in [-0.2, -0.15) is 0 Å². The summed E-state index contributed by atoms with van der Waals surface area (Å²) in [7, 11) is 0. The number of pyridine rings is 1. The van der Waals surface area contributed by atoms with Gasteiger partial charge >= 0.3 is 6.09 Å². The van der Waals surface area contributed by atoms with Crippen molar-refractivity contribution in [3.8, 4) is 0 Å². The standard InChI is InChI=1S/C15H22N2O3/c1-11(17-14(19)20-15(2,3)4)13(18)8-7-12-6-5-9-16-10-12/h5-6,9-11H,7-8H2,1-4H3,(H,17,19)/t11-/m0/s1. The summed E-state index contributed by atoms with van der Waals surface area (Å²) in [4.78, 5) is 27.5. The number of carbonyl (C=O) groups is 2. The molecule has 0 radical (unpaired) electrons. The Balaban J connectivity index is 2.38. The smallest absolute Gasteiger partial charge is 0.408 e. The number of nitrogens with one attached hydrogen (secondary N) is 1. The van der Waals surface area contributed by atoms with E-state index in [1.807, 2.05) is 12.1 Å². The Morgan fingerprint density at radius 2 is 2.10 bits per heavy atom. The molecule has 1 N–H and O–H groups in total. The first-order valence-electron chi connectivity index (χ1n) is 6.69. The number of ketones is 1. The summed E-state index contributed by atoms with van der Waals surface area (Å²) >= 11 is 0. The van der Waals surface area contributed by atoms with Gasteiger partial charge in [0.15, 0.2) is 5.78 Å². The number of ether oxygens (including phenoxy) is 1. The first kappa shape index (κ1) is 16.1. The highest BCUT2D eigenvalue weighted by molar-refractivity contribution is 5.87. The van der Waals surface area contributed by atoms with E-state index in [2.05, 4.69) is 10.3 Å². The number of aryl methyl sites for hydroxylation is 1. The predicted molar refractivity (Wildman–Crippen MR) is 76.4 cm³/mol. The number of rotatable bonds is 5. The van der Waals surface area contributed by atoms with Crippen LogP contribution in [0, 0.1) is 0 Å². The van der Waals surface area contributed by atoms with E-state index in [9.17, 15) is 9.59 Å². The second-order valence-corrected chi connectivity index (χ2v) is 5.70. The zero-order valence-electron chi connectivity index (χ0n) is 12.5. The molecule has 110 valence electrons. The van der Waals surface area contributed by atoms with Crippen molar-refractivity contribution in [2.24, 2.45) is 0 Å². The molecular formula is C15H22N2O3. The second kappa shape index (κ2) is 7.03. The van der Waals surface area contributed by atoms with Gasteiger partial charge in [0.25, 0.3) is 0 Å². The minimum Gasteiger partial charge on any atom is -0.444 e. The molecule has 0 aromatic carbocycles. The van der Waals surface area contributed by atoms with E-state index in [0.29, 0.717) is 12.8 Å². The van der Waals surface area contributed by atoms with E-state index >= 15 is 0 Å². The molecule has 1 atom stereocenters. The van der Waals surface area contributed by atoms with Crippen molar-refractivity contribution in [2.45, 2.75) is 52.2 Å². The molecule has 0 saturated heterocycles. The number of Topliss-reactive ketones (excluding diaryl/α,β-unsaturated/α-hetero) is 1. The Labute approximate surface area is 119 Å². The van der Waals surface area contributed by atoms with Crippen LogP contribution in [0.15, 0.2) is 24.5 Å². The molecule has 0 aliphatic carbocycles. The van der Waals surface area contributed by atoms with Gasteiger partial charge in [0.05, 0.1) is 6.04 Å². The molecule has 0 saturated carbocycles. The molecule has 1 rings (SSSR count). The van der Waals surface area contributed by atoms with Crippen LogP contribution < -0.4 is 5.32 Å². The number of carbonyl (C=O) groups excluding carboxylic acids is 2. The molecule has 0 aliphatic heterocycles. The molecule has 5 heteroatoms. The SMILES string of the molecule is C[C@H](NC(=O)OC(C)(C)C)C(=O)CCc1cccnc1. The van der Waals surface area contributed by atoms with Crippen molar-refractivity contribution in [1.29, 1.82) is 0 Å². The molecule has 1 heterocycles. The highest BCUT2D eigenvalue weighted by Gasteiger charge is 2.20. The Morgan fingerprint density at radius 1 is 1.40 bits per heavy atom. The van der Waals surface area contributed by atoms with Gasteiger partial charge in [0, 0.05) is 18.8 Å². The van der Waals surface area contributed by atoms with Crippen molar-refractivity contribution in [2.75, 3.05) is 0 Å². The molecule has 0 aliphatic rings. The van der Waals surface area contributed by atoms with Gasteiger partial charge in [-0.25, -0.2) is 4.79 Å². The Morgan fingerprint density at radius 3 is 2.65 bits per heavy atom. The first-order valence-corrected chi connectivity index (χ1v) is 6.69. The fraction of sp³-hybridized carbons (Fsp3) is 0.533. The van der Waals surface area contributed by atoms with Crippen LogP contribution in [0.25, 0.3) is 0 Å². The number of hydrogen-bond donors (Lipinski definition) is 1. The lowest BCUT2D eigenvalue weighted by Gasteiger charge is -2.21. The topological polar surface area (TPSA) is 68.3 Å². The summed E-state index contributed by atoms with van der Waals surface area (Å²) in [6.07, 6.45) is 3.84. The van der Waals surface area contributed by atoms with E-state index < -0.39 is 17.7 Å². The predicted octanol–water partition coefficient (Wildman–Crippen LogP) is 2.50. The lowest BCUT2D eigenvalue weighted by molar-refractivity contribution is -0.120. The summed E-state index contributed by atoms with van der Waals surface area (Å²) in [5.74, 6) is -0.0280. The van der Waals surface area contributed by atoms with Gasteiger partial charge in [-0.1, -0.05) is 6.07 Å². The van der Waals surface area contributed by atoms with E-state index in [1.165, 1.54) is 0 Å². The molecule has 0 bridgehead atoms. The Kier molecular flexibility index (Phi) is 5.67. The summed E-state index contributed by atoms with van der Waals surface area (Å²) in [5.41, 5.74) is 0.438. The van der Waals surface area contributed by atoms with Crippen LogP contribution in [0.5, 0.6) is 0 Å². The van der Waals surface area contributed by atoms with Crippen molar-refractivity contribution in [1.82, 2.24) is 10.3 Å². The quantitative estimate of drug-likeness (QED) is 0.898. The van der Waals surface area contributed by atoms with Crippen LogP contribution in [0.2, 0.25) is 0 Å². The summed E-state index contributed by atoms with van der Waals surface area (Å²) in [6, 6.07) is 3.20. The molecule has 5 nitrogen and oxygen atoms in total. The highest BCUT2D eigenvalue weighted by Crippen LogP contribution is 2.07. The average Bonchev–Trinajstić information content (AvgIpc) is 2.34. The van der Waals surface area contributed by atoms with Crippen molar-refractivity contribution in [3.05, 3.63) is 30.1 Å². The maximum Gasteiger partial charge on any atom is 0.408 e. The van der Waals surface area contributed by atoms with Crippen LogP contribution in [-0.2, 0) is 16.0 Å². The Bertz CT molecular complexity index is 452. The number of alkyl carbamates (subject to hydrolysis) is 1. The maximum absolute atomic E-state index is 11.9. The van der Waals surface area contributed by atoms with Gasteiger partial charge in [0.2, 0.25) is 0 Å². The largest absolute Gasteiger partial charge is 0.444 e. The molecule has 0 unspecified atom stereocenters. The highest BCUT2D eigenvalue weighted by atomic mass is 16.6. The number of amides is 1. The third-order valence-corrected chi connectivity index (χ3v) is 2.60. The van der Waals surface area contributed by atoms with Crippen LogP contribution in [0.4, 0.5) is 4.79 Å². The van der Waals surface area contributed by atoms with Crippen molar-refractivity contribution in [3.63, 3.8) is 0 Å². The molecule has 1 aromatic rings. The first-order chi connectivity index (χ1) is 9.28. The molecule has 0 fully saturated rings. The van der Waals surface area contributed by atoms with Crippen LogP contribution in [0.1, 0.15) is 39.7 Å². The minimum atomic E-state index is -0.570. The minimum absolute atomic E-state index is 0.0280. The van der Waals surface area contributed by atoms with Gasteiger partial charge < -0.3 is 10.1 Å². The van der Waals surface area contributed by atoms with Crippen LogP contribution in [0.3, 0.4) is 0 Å². The third kappa shape index (κ3) is 6.31. The average molecular weight is 278 g/mol. The number of aromatic nitrogens is 1. The number of hydrogen-bond acceptors (Lipinski definition) is 4. The lowest BCUT2D eigenvalue weighted by atomic mass is 10.1. The number of nitrogens with zero attached hydrogens (tertiary/aromatic N) is 1. The lowest BCUT2D eigenvalue weighted by Crippen LogP contribution is -2.41. The molecule has 1 aromatic heterocycles. The van der Waals surface area contributed by atoms with Gasteiger partial charge in [-0.3, -0.25) is 9.78 Å². The molecule has 0 spiro atoms.